The molecule has 5 nitrogen and oxygen atoms in total. The van der Waals surface area contributed by atoms with Crippen molar-refractivity contribution in [3.8, 4) is 21.9 Å². The van der Waals surface area contributed by atoms with Gasteiger partial charge in [-0.05, 0) is 47.9 Å². The Balaban J connectivity index is 1.70. The molecule has 0 aliphatic rings. The molecule has 172 valence electrons. The van der Waals surface area contributed by atoms with Crippen LogP contribution in [0.25, 0.3) is 26.1 Å². The molecule has 34 heavy (non-hydrogen) atoms. The number of carbonyl (C=O) groups excluding carboxylic acids is 1. The maximum absolute atomic E-state index is 13.2. The molecule has 4 rings (SSSR count). The van der Waals surface area contributed by atoms with E-state index in [1.165, 1.54) is 11.8 Å². The van der Waals surface area contributed by atoms with Crippen LogP contribution in [0.2, 0.25) is 0 Å². The quantitative estimate of drug-likeness (QED) is 0.161. The number of Topliss-reactive ketones (excluding diaryl/α,β-unsaturated/α-hetero) is 1. The lowest BCUT2D eigenvalue weighted by molar-refractivity contribution is -0.133. The number of thiophene rings is 1. The maximum atomic E-state index is 13.2. The van der Waals surface area contributed by atoms with Crippen LogP contribution in [0.4, 0.5) is 0 Å². The van der Waals surface area contributed by atoms with Gasteiger partial charge in [0.2, 0.25) is 0 Å². The van der Waals surface area contributed by atoms with Crippen molar-refractivity contribution in [3.05, 3.63) is 84.4 Å². The van der Waals surface area contributed by atoms with Crippen molar-refractivity contribution in [2.45, 2.75) is 4.90 Å². The second-order valence-electron chi connectivity index (χ2n) is 7.42. The van der Waals surface area contributed by atoms with Crippen molar-refractivity contribution < 1.29 is 24.2 Å². The number of methoxy groups -OCH3 is 2. The normalized spacial score (nSPS) is 10.8. The number of aliphatic carboxylic acids is 1. The first-order valence-corrected chi connectivity index (χ1v) is 12.1. The molecule has 0 saturated carbocycles. The molecule has 4 aromatic rings. The summed E-state index contributed by atoms with van der Waals surface area (Å²) in [7, 11) is 3.15. The molecule has 1 N–H and O–H groups in total. The van der Waals surface area contributed by atoms with Crippen LogP contribution in [0.3, 0.4) is 0 Å². The Morgan fingerprint density at radius 2 is 1.68 bits per heavy atom. The zero-order chi connectivity index (χ0) is 24.2. The van der Waals surface area contributed by atoms with Crippen molar-refractivity contribution >= 4 is 50.5 Å². The molecule has 0 bridgehead atoms. The molecule has 0 radical (unpaired) electrons. The summed E-state index contributed by atoms with van der Waals surface area (Å²) in [5, 5.41) is 9.98. The molecule has 3 aromatic carbocycles. The number of ketones is 1. The van der Waals surface area contributed by atoms with Crippen molar-refractivity contribution in [1.29, 1.82) is 0 Å². The van der Waals surface area contributed by atoms with E-state index in [-0.39, 0.29) is 11.5 Å². The maximum Gasteiger partial charge on any atom is 0.313 e. The third-order valence-corrected chi connectivity index (χ3v) is 7.44. The predicted octanol–water partition coefficient (Wildman–Crippen LogP) is 6.66. The molecule has 0 atom stereocenters. The number of benzene rings is 3. The topological polar surface area (TPSA) is 72.8 Å². The summed E-state index contributed by atoms with van der Waals surface area (Å²) < 4.78 is 12.4. The van der Waals surface area contributed by atoms with Gasteiger partial charge in [0.25, 0.3) is 0 Å². The Morgan fingerprint density at radius 1 is 0.971 bits per heavy atom. The highest BCUT2D eigenvalue weighted by Crippen LogP contribution is 2.43. The second-order valence-corrected chi connectivity index (χ2v) is 9.55. The molecule has 0 spiro atoms. The molecule has 1 aromatic heterocycles. The summed E-state index contributed by atoms with van der Waals surface area (Å²) in [4.78, 5) is 25.8. The number of hydrogen-bond acceptors (Lipinski definition) is 6. The fourth-order valence-electron chi connectivity index (χ4n) is 3.59. The molecule has 7 heteroatoms. The fourth-order valence-corrected chi connectivity index (χ4v) is 5.29. The minimum atomic E-state index is -0.889. The van der Waals surface area contributed by atoms with E-state index in [4.69, 9.17) is 14.6 Å². The lowest BCUT2D eigenvalue weighted by Gasteiger charge is -2.15. The molecule has 0 saturated heterocycles. The van der Waals surface area contributed by atoms with Crippen molar-refractivity contribution in [1.82, 2.24) is 0 Å². The van der Waals surface area contributed by atoms with Crippen LogP contribution >= 0.6 is 23.1 Å². The van der Waals surface area contributed by atoms with Crippen LogP contribution < -0.4 is 9.47 Å². The Kier molecular flexibility index (Phi) is 7.05. The first-order chi connectivity index (χ1) is 16.4. The first kappa shape index (κ1) is 23.6. The monoisotopic (exact) mass is 490 g/mol. The van der Waals surface area contributed by atoms with Gasteiger partial charge in [0.15, 0.2) is 5.78 Å². The number of ether oxygens (including phenoxy) is 2. The van der Waals surface area contributed by atoms with Crippen LogP contribution in [0.5, 0.6) is 11.5 Å². The summed E-state index contributed by atoms with van der Waals surface area (Å²) in [6, 6.07) is 20.7. The van der Waals surface area contributed by atoms with Crippen molar-refractivity contribution in [3.63, 3.8) is 0 Å². The molecule has 0 fully saturated rings. The Labute approximate surface area is 205 Å². The zero-order valence-corrected chi connectivity index (χ0v) is 20.3. The minimum absolute atomic E-state index is 0.0381. The Morgan fingerprint density at radius 3 is 2.32 bits per heavy atom. The largest absolute Gasteiger partial charge is 0.496 e. The summed E-state index contributed by atoms with van der Waals surface area (Å²) in [5.74, 6) is -0.0233. The average Bonchev–Trinajstić information content (AvgIpc) is 3.30. The van der Waals surface area contributed by atoms with E-state index in [0.717, 1.165) is 25.4 Å². The van der Waals surface area contributed by atoms with Crippen molar-refractivity contribution in [2.24, 2.45) is 0 Å². The van der Waals surface area contributed by atoms with Gasteiger partial charge in [-0.2, -0.15) is 0 Å². The Hall–Kier alpha value is -3.55. The van der Waals surface area contributed by atoms with E-state index in [9.17, 15) is 9.59 Å². The van der Waals surface area contributed by atoms with Gasteiger partial charge in [-0.25, -0.2) is 0 Å². The van der Waals surface area contributed by atoms with E-state index in [1.807, 2.05) is 18.2 Å². The number of carbonyl (C=O) groups is 2. The van der Waals surface area contributed by atoms with Crippen LogP contribution in [-0.2, 0) is 4.79 Å². The minimum Gasteiger partial charge on any atom is -0.496 e. The highest BCUT2D eigenvalue weighted by molar-refractivity contribution is 8.00. The van der Waals surface area contributed by atoms with Crippen LogP contribution in [0.15, 0.2) is 78.2 Å². The summed E-state index contributed by atoms with van der Waals surface area (Å²) in [6.45, 7) is 4.07. The van der Waals surface area contributed by atoms with E-state index in [0.29, 0.717) is 28.2 Å². The summed E-state index contributed by atoms with van der Waals surface area (Å²) >= 11 is 2.85. The van der Waals surface area contributed by atoms with Gasteiger partial charge in [0.1, 0.15) is 11.5 Å². The lowest BCUT2D eigenvalue weighted by atomic mass is 9.95. The molecular weight excluding hydrogens is 468 g/mol. The smallest absolute Gasteiger partial charge is 0.313 e. The highest BCUT2D eigenvalue weighted by atomic mass is 32.2. The van der Waals surface area contributed by atoms with E-state index >= 15 is 0 Å². The number of carboxylic acids is 1. The Bertz CT molecular complexity index is 1350. The molecular formula is C27H22O5S2. The number of hydrogen-bond donors (Lipinski definition) is 1. The van der Waals surface area contributed by atoms with Gasteiger partial charge >= 0.3 is 5.97 Å². The van der Waals surface area contributed by atoms with Gasteiger partial charge in [0.05, 0.1) is 20.0 Å². The lowest BCUT2D eigenvalue weighted by Crippen LogP contribution is -2.04. The van der Waals surface area contributed by atoms with Gasteiger partial charge in [-0.1, -0.05) is 24.8 Å². The average molecular weight is 491 g/mol. The molecule has 0 amide bonds. The van der Waals surface area contributed by atoms with Crippen LogP contribution in [0, 0.1) is 0 Å². The van der Waals surface area contributed by atoms with E-state index < -0.39 is 5.97 Å². The number of thioether (sulfide) groups is 1. The molecule has 0 aliphatic heterocycles. The highest BCUT2D eigenvalue weighted by Gasteiger charge is 2.21. The number of carboxylic acid groups (broad SMARTS) is 1. The second kappa shape index (κ2) is 10.2. The fraction of sp³-hybridized carbons (Fsp3) is 0.111. The molecule has 1 heterocycles. The van der Waals surface area contributed by atoms with E-state index in [2.05, 4.69) is 24.8 Å². The number of rotatable bonds is 9. The van der Waals surface area contributed by atoms with Gasteiger partial charge in [-0.15, -0.1) is 23.1 Å². The van der Waals surface area contributed by atoms with Crippen LogP contribution in [-0.4, -0.2) is 36.8 Å². The SMILES string of the molecule is C=C(C(=O)c1ccc(SCC(=O)O)cc1)c1cc(-c2cc3ccccc3s2)c(OC)cc1OC. The summed E-state index contributed by atoms with van der Waals surface area (Å²) in [5.41, 5.74) is 2.21. The first-order valence-electron chi connectivity index (χ1n) is 10.3. The molecule has 0 aliphatic carbocycles. The van der Waals surface area contributed by atoms with Crippen LogP contribution in [0.1, 0.15) is 15.9 Å². The predicted molar refractivity (Wildman–Crippen MR) is 139 cm³/mol. The third kappa shape index (κ3) is 4.85. The zero-order valence-electron chi connectivity index (χ0n) is 18.7. The van der Waals surface area contributed by atoms with Gasteiger partial charge < -0.3 is 14.6 Å². The molecule has 0 unspecified atom stereocenters. The summed E-state index contributed by atoms with van der Waals surface area (Å²) in [6.07, 6.45) is 0. The van der Waals surface area contributed by atoms with Gasteiger partial charge in [0, 0.05) is 42.8 Å². The number of fused-ring (bicyclic) bond motifs is 1. The van der Waals surface area contributed by atoms with Gasteiger partial charge in [-0.3, -0.25) is 9.59 Å². The third-order valence-electron chi connectivity index (χ3n) is 5.29. The van der Waals surface area contributed by atoms with E-state index in [1.54, 1.807) is 55.9 Å². The standard InChI is InChI=1S/C27H22O5S2/c1-16(27(30)17-8-10-19(11-9-17)33-15-26(28)29)20-13-21(23(32-3)14-22(20)31-2)25-12-18-6-4-5-7-24(18)34-25/h4-14H,1,15H2,2-3H3,(H,28,29). The number of allylic oxidation sites excluding steroid dienone is 1. The van der Waals surface area contributed by atoms with Crippen molar-refractivity contribution in [2.75, 3.05) is 20.0 Å².